The zero-order valence-electron chi connectivity index (χ0n) is 13.1. The monoisotopic (exact) mass is 288 g/mol. The van der Waals surface area contributed by atoms with E-state index in [0.717, 1.165) is 11.1 Å². The van der Waals surface area contributed by atoms with E-state index in [2.05, 4.69) is 12.1 Å². The van der Waals surface area contributed by atoms with Gasteiger partial charge in [0.1, 0.15) is 10.8 Å². The van der Waals surface area contributed by atoms with Crippen LogP contribution in [0.3, 0.4) is 0 Å². The molecule has 0 saturated carbocycles. The molecule has 22 heavy (non-hydrogen) atoms. The fraction of sp³-hybridized carbons (Fsp3) is 0.300. The summed E-state index contributed by atoms with van der Waals surface area (Å²) < 4.78 is 0. The average molecular weight is 288 g/mol. The van der Waals surface area contributed by atoms with Crippen molar-refractivity contribution >= 4 is 0 Å². The van der Waals surface area contributed by atoms with Gasteiger partial charge < -0.3 is 0 Å². The Bertz CT molecular complexity index is 630. The quantitative estimate of drug-likeness (QED) is 0.798. The van der Waals surface area contributed by atoms with Crippen molar-refractivity contribution in [3.63, 3.8) is 0 Å². The van der Waals surface area contributed by atoms with E-state index in [1.807, 2.05) is 74.5 Å². The van der Waals surface area contributed by atoms with Gasteiger partial charge in [0.15, 0.2) is 0 Å². The lowest BCUT2D eigenvalue weighted by molar-refractivity contribution is 0.325. The van der Waals surface area contributed by atoms with E-state index in [1.165, 1.54) is 0 Å². The van der Waals surface area contributed by atoms with E-state index < -0.39 is 10.8 Å². The summed E-state index contributed by atoms with van der Waals surface area (Å²) in [6.07, 6.45) is 1.17. The minimum atomic E-state index is -0.862. The van der Waals surface area contributed by atoms with Gasteiger partial charge >= 0.3 is 0 Å². The van der Waals surface area contributed by atoms with E-state index in [0.29, 0.717) is 12.8 Å². The molecule has 2 heteroatoms. The van der Waals surface area contributed by atoms with Crippen LogP contribution in [-0.2, 0) is 10.8 Å². The van der Waals surface area contributed by atoms with Crippen molar-refractivity contribution in [2.75, 3.05) is 0 Å². The molecule has 0 aliphatic rings. The van der Waals surface area contributed by atoms with Crippen LogP contribution in [0, 0.1) is 22.7 Å². The first-order chi connectivity index (χ1) is 10.7. The molecule has 110 valence electrons. The molecular weight excluding hydrogens is 268 g/mol. The molecule has 2 aromatic carbocycles. The fourth-order valence-corrected chi connectivity index (χ4v) is 3.43. The molecule has 2 unspecified atom stereocenters. The van der Waals surface area contributed by atoms with Gasteiger partial charge in [-0.05, 0) is 24.0 Å². The summed E-state index contributed by atoms with van der Waals surface area (Å²) in [5.74, 6) is 0. The maximum Gasteiger partial charge on any atom is 0.105 e. The molecule has 0 saturated heterocycles. The van der Waals surface area contributed by atoms with Crippen LogP contribution in [0.2, 0.25) is 0 Å². The molecule has 2 atom stereocenters. The molecule has 2 nitrogen and oxygen atoms in total. The Hall–Kier alpha value is -2.58. The zero-order chi connectivity index (χ0) is 16.1. The van der Waals surface area contributed by atoms with Gasteiger partial charge in [0.05, 0.1) is 12.1 Å². The van der Waals surface area contributed by atoms with Crippen molar-refractivity contribution in [3.8, 4) is 12.1 Å². The highest BCUT2D eigenvalue weighted by Crippen LogP contribution is 2.48. The minimum absolute atomic E-state index is 0.587. The molecule has 0 aromatic heterocycles. The van der Waals surface area contributed by atoms with Crippen LogP contribution >= 0.6 is 0 Å². The van der Waals surface area contributed by atoms with Gasteiger partial charge in [-0.25, -0.2) is 0 Å². The molecule has 0 aliphatic heterocycles. The van der Waals surface area contributed by atoms with E-state index in [-0.39, 0.29) is 0 Å². The Morgan fingerprint density at radius 1 is 0.682 bits per heavy atom. The third-order valence-electron chi connectivity index (χ3n) is 4.70. The van der Waals surface area contributed by atoms with E-state index in [9.17, 15) is 10.5 Å². The summed E-state index contributed by atoms with van der Waals surface area (Å²) in [6, 6.07) is 24.4. The van der Waals surface area contributed by atoms with Gasteiger partial charge in [-0.1, -0.05) is 74.5 Å². The number of benzene rings is 2. The van der Waals surface area contributed by atoms with Crippen LogP contribution < -0.4 is 0 Å². The Morgan fingerprint density at radius 3 is 1.23 bits per heavy atom. The topological polar surface area (TPSA) is 47.6 Å². The first-order valence-electron chi connectivity index (χ1n) is 7.64. The smallest absolute Gasteiger partial charge is 0.105 e. The van der Waals surface area contributed by atoms with Crippen molar-refractivity contribution in [3.05, 3.63) is 71.8 Å². The Kier molecular flexibility index (Phi) is 4.64. The number of hydrogen-bond donors (Lipinski definition) is 0. The first-order valence-corrected chi connectivity index (χ1v) is 7.64. The maximum atomic E-state index is 10.1. The fourth-order valence-electron chi connectivity index (χ4n) is 3.43. The second-order valence-electron chi connectivity index (χ2n) is 5.47. The molecule has 0 N–H and O–H groups in total. The normalized spacial score (nSPS) is 15.8. The molecule has 0 bridgehead atoms. The van der Waals surface area contributed by atoms with Crippen LogP contribution in [0.25, 0.3) is 0 Å². The van der Waals surface area contributed by atoms with Crippen molar-refractivity contribution < 1.29 is 0 Å². The van der Waals surface area contributed by atoms with Gasteiger partial charge in [-0.15, -0.1) is 0 Å². The van der Waals surface area contributed by atoms with Crippen LogP contribution in [0.15, 0.2) is 60.7 Å². The lowest BCUT2D eigenvalue weighted by Crippen LogP contribution is -2.47. The molecule has 0 amide bonds. The summed E-state index contributed by atoms with van der Waals surface area (Å²) in [5.41, 5.74) is 0.0950. The largest absolute Gasteiger partial charge is 0.197 e. The zero-order valence-corrected chi connectivity index (χ0v) is 13.1. The van der Waals surface area contributed by atoms with Crippen LogP contribution in [0.1, 0.15) is 37.8 Å². The lowest BCUT2D eigenvalue weighted by Gasteiger charge is -2.41. The van der Waals surface area contributed by atoms with Crippen molar-refractivity contribution in [2.45, 2.75) is 37.5 Å². The second kappa shape index (κ2) is 6.46. The van der Waals surface area contributed by atoms with Crippen LogP contribution in [0.4, 0.5) is 0 Å². The summed E-state index contributed by atoms with van der Waals surface area (Å²) in [5, 5.41) is 20.2. The molecular formula is C20H20N2. The third kappa shape index (κ3) is 2.18. The number of nitrogens with zero attached hydrogens (tertiary/aromatic N) is 2. The van der Waals surface area contributed by atoms with E-state index in [4.69, 9.17) is 0 Å². The molecule has 0 aliphatic carbocycles. The van der Waals surface area contributed by atoms with Gasteiger partial charge in [-0.2, -0.15) is 10.5 Å². The predicted molar refractivity (Wildman–Crippen MR) is 88.0 cm³/mol. The summed E-state index contributed by atoms with van der Waals surface area (Å²) in [4.78, 5) is 0. The second-order valence-corrected chi connectivity index (χ2v) is 5.47. The summed E-state index contributed by atoms with van der Waals surface area (Å²) >= 11 is 0. The standard InChI is InChI=1S/C20H20N2/c1-3-19(15-21,17-11-7-5-8-12-17)20(4-2,16-22)18-13-9-6-10-14-18/h5-14H,3-4H2,1-2H3. The molecule has 2 rings (SSSR count). The predicted octanol–water partition coefficient (Wildman–Crippen LogP) is 4.73. The summed E-state index contributed by atoms with van der Waals surface area (Å²) in [6.45, 7) is 3.97. The van der Waals surface area contributed by atoms with Crippen molar-refractivity contribution in [2.24, 2.45) is 0 Å². The van der Waals surface area contributed by atoms with Crippen LogP contribution in [-0.4, -0.2) is 0 Å². The SMILES string of the molecule is CCC(C#N)(c1ccccc1)C(C#N)(CC)c1ccccc1. The number of hydrogen-bond acceptors (Lipinski definition) is 2. The van der Waals surface area contributed by atoms with Gasteiger partial charge in [0.25, 0.3) is 0 Å². The Labute approximate surface area is 132 Å². The molecule has 2 aromatic rings. The third-order valence-corrected chi connectivity index (χ3v) is 4.70. The Balaban J connectivity index is 2.79. The highest BCUT2D eigenvalue weighted by atomic mass is 14.5. The van der Waals surface area contributed by atoms with E-state index in [1.54, 1.807) is 0 Å². The average Bonchev–Trinajstić information content (AvgIpc) is 2.61. The Morgan fingerprint density at radius 2 is 1.00 bits per heavy atom. The van der Waals surface area contributed by atoms with Gasteiger partial charge in [0.2, 0.25) is 0 Å². The molecule has 0 spiro atoms. The molecule has 0 heterocycles. The highest BCUT2D eigenvalue weighted by Gasteiger charge is 2.52. The van der Waals surface area contributed by atoms with Crippen molar-refractivity contribution in [1.82, 2.24) is 0 Å². The van der Waals surface area contributed by atoms with Crippen LogP contribution in [0.5, 0.6) is 0 Å². The van der Waals surface area contributed by atoms with Gasteiger partial charge in [0, 0.05) is 0 Å². The lowest BCUT2D eigenvalue weighted by atomic mass is 9.56. The number of nitriles is 2. The molecule has 0 fully saturated rings. The number of rotatable bonds is 5. The minimum Gasteiger partial charge on any atom is -0.197 e. The first kappa shape index (κ1) is 15.8. The maximum absolute atomic E-state index is 10.1. The molecule has 0 radical (unpaired) electrons. The van der Waals surface area contributed by atoms with Gasteiger partial charge in [-0.3, -0.25) is 0 Å². The van der Waals surface area contributed by atoms with Crippen molar-refractivity contribution in [1.29, 1.82) is 10.5 Å². The van der Waals surface area contributed by atoms with E-state index >= 15 is 0 Å². The highest BCUT2D eigenvalue weighted by molar-refractivity contribution is 5.49. The summed E-state index contributed by atoms with van der Waals surface area (Å²) in [7, 11) is 0.